The van der Waals surface area contributed by atoms with Crippen LogP contribution >= 0.6 is 0 Å². The molecule has 2 atom stereocenters. The molecule has 1 aliphatic carbocycles. The number of nitrogens with two attached hydrogens (primary N) is 1. The van der Waals surface area contributed by atoms with Crippen LogP contribution in [0.2, 0.25) is 0 Å². The van der Waals surface area contributed by atoms with Crippen molar-refractivity contribution in [1.82, 2.24) is 14.5 Å². The van der Waals surface area contributed by atoms with E-state index in [9.17, 15) is 22.8 Å². The van der Waals surface area contributed by atoms with Gasteiger partial charge in [0.15, 0.2) is 0 Å². The maximum atomic E-state index is 12.6. The molecule has 0 aliphatic heterocycles. The lowest BCUT2D eigenvalue weighted by Crippen LogP contribution is -2.18. The molecule has 0 bridgehead atoms. The molecule has 11 heteroatoms. The summed E-state index contributed by atoms with van der Waals surface area (Å²) in [5.74, 6) is -3.18. The maximum absolute atomic E-state index is 12.6. The molecule has 0 spiro atoms. The van der Waals surface area contributed by atoms with Crippen LogP contribution in [0, 0.1) is 5.92 Å². The Balaban J connectivity index is 1.83. The van der Waals surface area contributed by atoms with E-state index in [2.05, 4.69) is 14.7 Å². The van der Waals surface area contributed by atoms with Crippen molar-refractivity contribution in [3.05, 3.63) is 47.9 Å². The standard InChI is InChI=1S/C18H13F3N4O4/c19-18(20,21)29-8-4-5-12-13(6-8)25(16(24-12)15(22)26)14-3-1-2-11(23-14)9-7-10(9)17(27)28/h1-6,9-10H,7H2,(H2,22,26)(H,27,28)/t9-,10-/m1/s1. The van der Waals surface area contributed by atoms with E-state index in [1.165, 1.54) is 16.7 Å². The number of alkyl halides is 3. The van der Waals surface area contributed by atoms with E-state index in [1.807, 2.05) is 0 Å². The van der Waals surface area contributed by atoms with E-state index in [-0.39, 0.29) is 28.6 Å². The highest BCUT2D eigenvalue weighted by Crippen LogP contribution is 2.47. The number of rotatable bonds is 5. The van der Waals surface area contributed by atoms with Crippen molar-refractivity contribution >= 4 is 22.9 Å². The third-order valence-electron chi connectivity index (χ3n) is 4.55. The molecular formula is C18H13F3N4O4. The van der Waals surface area contributed by atoms with Gasteiger partial charge in [-0.15, -0.1) is 13.2 Å². The lowest BCUT2D eigenvalue weighted by molar-refractivity contribution is -0.274. The monoisotopic (exact) mass is 406 g/mol. The first-order valence-corrected chi connectivity index (χ1v) is 8.42. The summed E-state index contributed by atoms with van der Waals surface area (Å²) in [6, 6.07) is 8.20. The fourth-order valence-corrected chi connectivity index (χ4v) is 3.21. The van der Waals surface area contributed by atoms with E-state index in [0.29, 0.717) is 12.1 Å². The van der Waals surface area contributed by atoms with Crippen LogP contribution in [0.1, 0.15) is 28.7 Å². The zero-order chi connectivity index (χ0) is 20.9. The van der Waals surface area contributed by atoms with Crippen LogP contribution in [0.4, 0.5) is 13.2 Å². The van der Waals surface area contributed by atoms with Crippen molar-refractivity contribution in [2.45, 2.75) is 18.7 Å². The molecule has 4 rings (SSSR count). The molecule has 0 radical (unpaired) electrons. The van der Waals surface area contributed by atoms with Gasteiger partial charge in [-0.05, 0) is 30.7 Å². The van der Waals surface area contributed by atoms with Crippen molar-refractivity contribution in [3.63, 3.8) is 0 Å². The Bertz CT molecular complexity index is 1140. The Labute approximate surface area is 160 Å². The Hall–Kier alpha value is -3.63. The predicted octanol–water partition coefficient (Wildman–Crippen LogP) is 2.61. The summed E-state index contributed by atoms with van der Waals surface area (Å²) in [6.45, 7) is 0. The molecule has 1 aliphatic rings. The third-order valence-corrected chi connectivity index (χ3v) is 4.55. The number of ether oxygens (including phenoxy) is 1. The zero-order valence-electron chi connectivity index (χ0n) is 14.6. The van der Waals surface area contributed by atoms with Crippen LogP contribution in [-0.4, -0.2) is 37.9 Å². The molecule has 150 valence electrons. The summed E-state index contributed by atoms with van der Waals surface area (Å²) in [4.78, 5) is 31.5. The zero-order valence-corrected chi connectivity index (χ0v) is 14.6. The van der Waals surface area contributed by atoms with Crippen molar-refractivity contribution in [1.29, 1.82) is 0 Å². The number of imidazole rings is 1. The Morgan fingerprint density at radius 1 is 1.21 bits per heavy atom. The lowest BCUT2D eigenvalue weighted by atomic mass is 10.2. The van der Waals surface area contributed by atoms with Gasteiger partial charge < -0.3 is 15.6 Å². The molecule has 1 fully saturated rings. The molecule has 2 aromatic heterocycles. The van der Waals surface area contributed by atoms with Crippen LogP contribution < -0.4 is 10.5 Å². The quantitative estimate of drug-likeness (QED) is 0.672. The largest absolute Gasteiger partial charge is 0.573 e. The molecule has 8 nitrogen and oxygen atoms in total. The number of aliphatic carboxylic acids is 1. The number of carboxylic acids is 1. The van der Waals surface area contributed by atoms with Crippen molar-refractivity contribution in [2.24, 2.45) is 11.7 Å². The number of halogens is 3. The second-order valence-corrected chi connectivity index (χ2v) is 6.54. The van der Waals surface area contributed by atoms with E-state index in [1.54, 1.807) is 12.1 Å². The molecule has 0 saturated heterocycles. The number of benzene rings is 1. The van der Waals surface area contributed by atoms with Crippen molar-refractivity contribution < 1.29 is 32.6 Å². The highest BCUT2D eigenvalue weighted by molar-refractivity contribution is 5.95. The third kappa shape index (κ3) is 3.58. The molecule has 2 heterocycles. The van der Waals surface area contributed by atoms with Gasteiger partial charge in [-0.25, -0.2) is 9.97 Å². The van der Waals surface area contributed by atoms with Gasteiger partial charge in [0.05, 0.1) is 17.0 Å². The Kier molecular flexibility index (Phi) is 4.17. The van der Waals surface area contributed by atoms with Gasteiger partial charge in [-0.2, -0.15) is 0 Å². The number of carboxylic acid groups (broad SMARTS) is 1. The van der Waals surface area contributed by atoms with Gasteiger partial charge in [0, 0.05) is 17.7 Å². The molecule has 29 heavy (non-hydrogen) atoms. The first kappa shape index (κ1) is 18.7. The first-order chi connectivity index (χ1) is 13.6. The summed E-state index contributed by atoms with van der Waals surface area (Å²) < 4.78 is 42.9. The van der Waals surface area contributed by atoms with E-state index in [4.69, 9.17) is 10.8 Å². The second-order valence-electron chi connectivity index (χ2n) is 6.54. The minimum atomic E-state index is -4.89. The fourth-order valence-electron chi connectivity index (χ4n) is 3.21. The molecule has 3 N–H and O–H groups in total. The van der Waals surface area contributed by atoms with Gasteiger partial charge >= 0.3 is 12.3 Å². The maximum Gasteiger partial charge on any atom is 0.573 e. The molecule has 0 unspecified atom stereocenters. The number of carbonyl (C=O) groups is 2. The number of pyridine rings is 1. The number of hydrogen-bond donors (Lipinski definition) is 2. The number of nitrogens with zero attached hydrogens (tertiary/aromatic N) is 3. The summed E-state index contributed by atoms with van der Waals surface area (Å²) in [5, 5.41) is 9.11. The fraction of sp³-hybridized carbons (Fsp3) is 0.222. The van der Waals surface area contributed by atoms with Crippen molar-refractivity contribution in [3.8, 4) is 11.6 Å². The van der Waals surface area contributed by atoms with Crippen LogP contribution in [0.5, 0.6) is 5.75 Å². The van der Waals surface area contributed by atoms with Gasteiger partial charge in [0.2, 0.25) is 5.82 Å². The highest BCUT2D eigenvalue weighted by Gasteiger charge is 2.45. The van der Waals surface area contributed by atoms with E-state index < -0.39 is 29.9 Å². The van der Waals surface area contributed by atoms with Gasteiger partial charge in [-0.1, -0.05) is 6.07 Å². The topological polar surface area (TPSA) is 120 Å². The highest BCUT2D eigenvalue weighted by atomic mass is 19.4. The number of aromatic nitrogens is 3. The Morgan fingerprint density at radius 3 is 2.59 bits per heavy atom. The minimum absolute atomic E-state index is 0.135. The SMILES string of the molecule is NC(=O)c1nc2ccc(OC(F)(F)F)cc2n1-c1cccc([C@@H]2C[C@H]2C(=O)O)n1. The van der Waals surface area contributed by atoms with Crippen molar-refractivity contribution in [2.75, 3.05) is 0 Å². The summed E-state index contributed by atoms with van der Waals surface area (Å²) >= 11 is 0. The number of hydrogen-bond acceptors (Lipinski definition) is 5. The smallest absolute Gasteiger partial charge is 0.481 e. The molecule has 1 aromatic carbocycles. The van der Waals surface area contributed by atoms with Gasteiger partial charge in [0.25, 0.3) is 5.91 Å². The first-order valence-electron chi connectivity index (χ1n) is 8.42. The minimum Gasteiger partial charge on any atom is -0.481 e. The second kappa shape index (κ2) is 6.47. The van der Waals surface area contributed by atoms with Crippen LogP contribution in [0.3, 0.4) is 0 Å². The summed E-state index contributed by atoms with van der Waals surface area (Å²) in [5.41, 5.74) is 6.24. The number of fused-ring (bicyclic) bond motifs is 1. The number of amides is 1. The van der Waals surface area contributed by atoms with E-state index >= 15 is 0 Å². The molecule has 3 aromatic rings. The van der Waals surface area contributed by atoms with Crippen LogP contribution in [0.15, 0.2) is 36.4 Å². The van der Waals surface area contributed by atoms with Gasteiger partial charge in [-0.3, -0.25) is 14.2 Å². The van der Waals surface area contributed by atoms with Crippen LogP contribution in [-0.2, 0) is 4.79 Å². The van der Waals surface area contributed by atoms with Gasteiger partial charge in [0.1, 0.15) is 11.6 Å². The van der Waals surface area contributed by atoms with E-state index in [0.717, 1.165) is 12.1 Å². The number of carbonyl (C=O) groups excluding carboxylic acids is 1. The molecule has 1 amide bonds. The molecule has 1 saturated carbocycles. The molecular weight excluding hydrogens is 393 g/mol. The van der Waals surface area contributed by atoms with Crippen LogP contribution in [0.25, 0.3) is 16.9 Å². The number of primary amides is 1. The normalized spacial score (nSPS) is 18.6. The lowest BCUT2D eigenvalue weighted by Gasteiger charge is -2.11. The average Bonchev–Trinajstić information content (AvgIpc) is 3.35. The Morgan fingerprint density at radius 2 is 1.97 bits per heavy atom. The average molecular weight is 406 g/mol. The summed E-state index contributed by atoms with van der Waals surface area (Å²) in [6.07, 6.45) is -4.45. The predicted molar refractivity (Wildman–Crippen MR) is 92.5 cm³/mol. The summed E-state index contributed by atoms with van der Waals surface area (Å²) in [7, 11) is 0.